The Morgan fingerprint density at radius 3 is 2.11 bits per heavy atom. The third kappa shape index (κ3) is 20.1. The van der Waals surface area contributed by atoms with Crippen LogP contribution >= 0.6 is 0 Å². The first kappa shape index (κ1) is 23.6. The maximum atomic E-state index is 9.99. The smallest absolute Gasteiger partial charge is 0.542 e. The van der Waals surface area contributed by atoms with Gasteiger partial charge in [0.25, 0.3) is 0 Å². The number of hydrogen-bond acceptors (Lipinski definition) is 4. The molecule has 7 heteroatoms. The molecule has 0 fully saturated rings. The summed E-state index contributed by atoms with van der Waals surface area (Å²) in [5, 5.41) is 16.3. The van der Waals surface area contributed by atoms with E-state index in [0.29, 0.717) is 0 Å². The molecule has 106 valence electrons. The Morgan fingerprint density at radius 2 is 1.79 bits per heavy atom. The van der Waals surface area contributed by atoms with Gasteiger partial charge in [-0.05, 0) is 6.42 Å². The van der Waals surface area contributed by atoms with Crippen molar-refractivity contribution in [3.05, 3.63) is 0 Å². The fourth-order valence-electron chi connectivity index (χ4n) is 0.972. The number of nitrogens with two attached hydrogens (primary N) is 1. The van der Waals surface area contributed by atoms with Crippen molar-refractivity contribution in [3.8, 4) is 0 Å². The molecule has 0 spiro atoms. The number of carboxylic acids is 2. The molecule has 0 aromatic heterocycles. The van der Waals surface area contributed by atoms with E-state index in [1.165, 1.54) is 6.42 Å². The third-order valence-corrected chi connectivity index (χ3v) is 2.18. The molecule has 0 radical (unpaired) electrons. The summed E-state index contributed by atoms with van der Waals surface area (Å²) in [4.78, 5) is 29.8. The number of carboxylic acid groups (broad SMARTS) is 2. The summed E-state index contributed by atoms with van der Waals surface area (Å²) in [5.74, 6) is -2.05. The van der Waals surface area contributed by atoms with Gasteiger partial charge in [-0.1, -0.05) is 33.1 Å². The van der Waals surface area contributed by atoms with Crippen LogP contribution < -0.4 is 35.3 Å². The van der Waals surface area contributed by atoms with Crippen LogP contribution in [-0.4, -0.2) is 34.5 Å². The van der Waals surface area contributed by atoms with Crippen LogP contribution in [0, 0.1) is 5.92 Å². The maximum absolute atomic E-state index is 9.99. The van der Waals surface area contributed by atoms with Gasteiger partial charge < -0.3 is 20.7 Å². The predicted octanol–water partition coefficient (Wildman–Crippen LogP) is -1.81. The van der Waals surface area contributed by atoms with Crippen LogP contribution in [0.1, 0.15) is 46.0 Å². The van der Waals surface area contributed by atoms with Crippen molar-refractivity contribution in [2.24, 2.45) is 11.7 Å². The molecule has 2 unspecified atom stereocenters. The van der Waals surface area contributed by atoms with Gasteiger partial charge in [0.15, 0.2) is 0 Å². The minimum Gasteiger partial charge on any atom is -0.542 e. The molecule has 0 bridgehead atoms. The average molecular weight is 283 g/mol. The molecule has 0 saturated heterocycles. The number of unbranched alkanes of at least 4 members (excludes halogenated alkanes) is 1. The van der Waals surface area contributed by atoms with Gasteiger partial charge >= 0.3 is 41.5 Å². The van der Waals surface area contributed by atoms with Crippen LogP contribution in [-0.2, 0) is 14.4 Å². The molecule has 6 nitrogen and oxygen atoms in total. The normalized spacial score (nSPS) is 12.2. The molecule has 0 aliphatic carbocycles. The van der Waals surface area contributed by atoms with Gasteiger partial charge in [0, 0.05) is 6.42 Å². The fourth-order valence-corrected chi connectivity index (χ4v) is 0.972. The van der Waals surface area contributed by atoms with E-state index in [1.54, 1.807) is 0 Å². The number of rotatable bonds is 8. The number of aliphatic carboxylic acids is 2. The Morgan fingerprint density at radius 1 is 1.26 bits per heavy atom. The van der Waals surface area contributed by atoms with E-state index < -0.39 is 18.0 Å². The monoisotopic (exact) mass is 283 g/mol. The summed E-state index contributed by atoms with van der Waals surface area (Å²) in [5.41, 5.74) is 5.00. The fraction of sp³-hybridized carbons (Fsp3) is 0.750. The zero-order valence-corrected chi connectivity index (χ0v) is 13.9. The Balaban J connectivity index is -0.000000262. The molecule has 0 saturated carbocycles. The first-order valence-electron chi connectivity index (χ1n) is 5.92. The largest absolute Gasteiger partial charge is 1.00 e. The van der Waals surface area contributed by atoms with E-state index in [4.69, 9.17) is 15.9 Å². The second-order valence-corrected chi connectivity index (χ2v) is 4.04. The van der Waals surface area contributed by atoms with Crippen molar-refractivity contribution in [3.63, 3.8) is 0 Å². The summed E-state index contributed by atoms with van der Waals surface area (Å²) in [7, 11) is 0. The summed E-state index contributed by atoms with van der Waals surface area (Å²) in [6.45, 7) is 4.03. The predicted molar refractivity (Wildman–Crippen MR) is 66.9 cm³/mol. The molecule has 0 aliphatic heterocycles. The average Bonchev–Trinajstić information content (AvgIpc) is 2.33. The number of carbonyl (C=O) groups is 2. The molecule has 0 rings (SSSR count). The topological polar surface area (TPSA) is 118 Å². The molecule has 4 N–H and O–H groups in total. The van der Waals surface area contributed by atoms with Crippen molar-refractivity contribution in [2.75, 3.05) is 0 Å². The van der Waals surface area contributed by atoms with Crippen molar-refractivity contribution in [2.45, 2.75) is 52.0 Å². The van der Waals surface area contributed by atoms with Crippen molar-refractivity contribution < 1.29 is 54.2 Å². The molecule has 19 heavy (non-hydrogen) atoms. The van der Waals surface area contributed by atoms with Gasteiger partial charge in [0.2, 0.25) is 0 Å². The first-order valence-corrected chi connectivity index (χ1v) is 5.92. The molecular formula is C12H22NNaO5. The Hall–Kier alpha value is -0.430. The van der Waals surface area contributed by atoms with E-state index in [1.807, 2.05) is 13.2 Å². The zero-order valence-electron chi connectivity index (χ0n) is 11.9. The van der Waals surface area contributed by atoms with Gasteiger partial charge in [-0.2, -0.15) is 0 Å². The van der Waals surface area contributed by atoms with Gasteiger partial charge in [0.05, 0.1) is 0 Å². The Labute approximate surface area is 136 Å². The Bertz CT molecular complexity index is 261. The van der Waals surface area contributed by atoms with Gasteiger partial charge in [-0.15, -0.1) is 5.92 Å². The first-order chi connectivity index (χ1) is 8.34. The molecule has 0 amide bonds. The van der Waals surface area contributed by atoms with Crippen molar-refractivity contribution >= 4 is 18.2 Å². The van der Waals surface area contributed by atoms with Gasteiger partial charge in [-0.25, -0.2) is 0 Å². The van der Waals surface area contributed by atoms with Crippen LogP contribution in [0.2, 0.25) is 0 Å². The van der Waals surface area contributed by atoms with E-state index in [2.05, 4.69) is 6.92 Å². The zero-order chi connectivity index (χ0) is 14.6. The van der Waals surface area contributed by atoms with E-state index in [-0.39, 0.29) is 48.3 Å². The third-order valence-electron chi connectivity index (χ3n) is 2.18. The molecule has 0 aromatic carbocycles. The second kappa shape index (κ2) is 15.6. The van der Waals surface area contributed by atoms with E-state index in [9.17, 15) is 14.4 Å². The molecule has 0 aromatic rings. The van der Waals surface area contributed by atoms with Gasteiger partial charge in [-0.3, -0.25) is 15.9 Å². The van der Waals surface area contributed by atoms with Crippen LogP contribution in [0.15, 0.2) is 0 Å². The van der Waals surface area contributed by atoms with Crippen molar-refractivity contribution in [1.29, 1.82) is 0 Å². The van der Waals surface area contributed by atoms with Crippen LogP contribution in [0.4, 0.5) is 0 Å². The SMILES string of the molecule is CCCCC(C)[C-]=O.NC(CCC(=O)O)C(=O)O.[Na+]. The summed E-state index contributed by atoms with van der Waals surface area (Å²) >= 11 is 0. The summed E-state index contributed by atoms with van der Waals surface area (Å²) in [6.07, 6.45) is 5.05. The Kier molecular flexibility index (Phi) is 19.4. The van der Waals surface area contributed by atoms with Crippen LogP contribution in [0.25, 0.3) is 0 Å². The maximum Gasteiger partial charge on any atom is 1.00 e. The molecule has 0 aliphatic rings. The number of carbonyl (C=O) groups excluding carboxylic acids is 1. The van der Waals surface area contributed by atoms with E-state index >= 15 is 0 Å². The number of hydrogen-bond donors (Lipinski definition) is 3. The van der Waals surface area contributed by atoms with Gasteiger partial charge in [0.1, 0.15) is 6.04 Å². The van der Waals surface area contributed by atoms with Crippen molar-refractivity contribution in [1.82, 2.24) is 0 Å². The van der Waals surface area contributed by atoms with Crippen LogP contribution in [0.3, 0.4) is 0 Å². The van der Waals surface area contributed by atoms with E-state index in [0.717, 1.165) is 12.8 Å². The second-order valence-electron chi connectivity index (χ2n) is 4.04. The minimum absolute atomic E-state index is 0. The molecular weight excluding hydrogens is 261 g/mol. The summed E-state index contributed by atoms with van der Waals surface area (Å²) < 4.78 is 0. The summed E-state index contributed by atoms with van der Waals surface area (Å²) in [6, 6.07) is -1.06. The standard InChI is InChI=1S/C7H13O.C5H9NO4.Na/c1-3-4-5-7(2)6-8;6-3(5(9)10)1-2-4(7)8;/h7H,3-5H2,1-2H3;3H,1-2,6H2,(H,7,8)(H,9,10);/q-1;;+1. The molecule has 2 atom stereocenters. The quantitative estimate of drug-likeness (QED) is 0.357. The molecule has 0 heterocycles. The van der Waals surface area contributed by atoms with Crippen LogP contribution in [0.5, 0.6) is 0 Å². The minimum atomic E-state index is -1.17.